The van der Waals surface area contributed by atoms with Gasteiger partial charge in [0, 0.05) is 16.7 Å². The van der Waals surface area contributed by atoms with E-state index in [0.29, 0.717) is 5.92 Å². The zero-order valence-electron chi connectivity index (χ0n) is 11.6. The van der Waals surface area contributed by atoms with Gasteiger partial charge in [-0.3, -0.25) is 0 Å². The van der Waals surface area contributed by atoms with Crippen LogP contribution in [0.2, 0.25) is 0 Å². The molecule has 2 atom stereocenters. The van der Waals surface area contributed by atoms with Crippen molar-refractivity contribution in [1.29, 1.82) is 0 Å². The average Bonchev–Trinajstić information content (AvgIpc) is 2.43. The lowest BCUT2D eigenvalue weighted by molar-refractivity contribution is 0.0179. The van der Waals surface area contributed by atoms with Crippen molar-refractivity contribution in [2.75, 3.05) is 7.11 Å². The highest BCUT2D eigenvalue weighted by molar-refractivity contribution is 14.1. The third-order valence-electron chi connectivity index (χ3n) is 4.19. The maximum Gasteiger partial charge on any atom is 0.0753 e. The van der Waals surface area contributed by atoms with E-state index in [0.717, 1.165) is 6.42 Å². The van der Waals surface area contributed by atoms with Gasteiger partial charge in [0.05, 0.1) is 6.10 Å². The van der Waals surface area contributed by atoms with E-state index in [4.69, 9.17) is 10.5 Å². The highest BCUT2D eigenvalue weighted by Crippen LogP contribution is 2.29. The molecule has 0 bridgehead atoms. The number of methoxy groups -OCH3 is 1. The van der Waals surface area contributed by atoms with E-state index in [1.807, 2.05) is 7.11 Å². The van der Waals surface area contributed by atoms with Crippen molar-refractivity contribution in [3.63, 3.8) is 0 Å². The van der Waals surface area contributed by atoms with Crippen molar-refractivity contribution in [2.45, 2.75) is 50.7 Å². The maximum absolute atomic E-state index is 6.40. The normalized spacial score (nSPS) is 20.2. The molecule has 1 fully saturated rings. The molecule has 2 rings (SSSR count). The van der Waals surface area contributed by atoms with Gasteiger partial charge in [0.25, 0.3) is 0 Å². The molecule has 106 valence electrons. The molecule has 1 saturated carbocycles. The molecule has 2 unspecified atom stereocenters. The van der Waals surface area contributed by atoms with Crippen LogP contribution in [0.5, 0.6) is 0 Å². The Labute approximate surface area is 130 Å². The molecule has 0 spiro atoms. The Morgan fingerprint density at radius 2 is 1.84 bits per heavy atom. The molecule has 0 aliphatic heterocycles. The van der Waals surface area contributed by atoms with E-state index < -0.39 is 0 Å². The van der Waals surface area contributed by atoms with Crippen LogP contribution in [0.15, 0.2) is 24.3 Å². The Morgan fingerprint density at radius 1 is 1.21 bits per heavy atom. The molecule has 19 heavy (non-hydrogen) atoms. The summed E-state index contributed by atoms with van der Waals surface area (Å²) in [5, 5.41) is 0. The molecule has 1 aliphatic rings. The number of nitrogens with two attached hydrogens (primary N) is 1. The number of hydrogen-bond acceptors (Lipinski definition) is 2. The molecule has 3 heteroatoms. The predicted octanol–water partition coefficient (Wildman–Crippen LogP) is 3.76. The molecule has 2 nitrogen and oxygen atoms in total. The molecule has 0 radical (unpaired) electrons. The van der Waals surface area contributed by atoms with E-state index in [1.165, 1.54) is 41.2 Å². The Balaban J connectivity index is 1.95. The van der Waals surface area contributed by atoms with Gasteiger partial charge < -0.3 is 10.5 Å². The number of ether oxygens (including phenoxy) is 1. The molecule has 1 aromatic rings. The third kappa shape index (κ3) is 4.43. The lowest BCUT2D eigenvalue weighted by Gasteiger charge is -2.33. The van der Waals surface area contributed by atoms with Crippen LogP contribution in [-0.4, -0.2) is 19.3 Å². The molecule has 0 saturated heterocycles. The largest absolute Gasteiger partial charge is 0.380 e. The van der Waals surface area contributed by atoms with Gasteiger partial charge in [-0.1, -0.05) is 31.4 Å². The van der Waals surface area contributed by atoms with E-state index in [2.05, 4.69) is 46.9 Å². The quantitative estimate of drug-likeness (QED) is 0.798. The van der Waals surface area contributed by atoms with Gasteiger partial charge in [-0.25, -0.2) is 0 Å². The van der Waals surface area contributed by atoms with Crippen LogP contribution in [0.25, 0.3) is 0 Å². The second kappa shape index (κ2) is 7.60. The van der Waals surface area contributed by atoms with Crippen LogP contribution in [-0.2, 0) is 11.2 Å². The highest BCUT2D eigenvalue weighted by Gasteiger charge is 2.28. The first-order chi connectivity index (χ1) is 9.20. The molecule has 1 aliphatic carbocycles. The summed E-state index contributed by atoms with van der Waals surface area (Å²) in [4.78, 5) is 0. The second-order valence-electron chi connectivity index (χ2n) is 5.59. The van der Waals surface area contributed by atoms with E-state index in [1.54, 1.807) is 0 Å². The summed E-state index contributed by atoms with van der Waals surface area (Å²) in [6, 6.07) is 8.74. The van der Waals surface area contributed by atoms with Crippen molar-refractivity contribution >= 4 is 22.6 Å². The van der Waals surface area contributed by atoms with E-state index in [-0.39, 0.29) is 12.1 Å². The summed E-state index contributed by atoms with van der Waals surface area (Å²) in [5.41, 5.74) is 7.71. The van der Waals surface area contributed by atoms with Crippen LogP contribution in [0.1, 0.15) is 37.7 Å². The van der Waals surface area contributed by atoms with E-state index in [9.17, 15) is 0 Å². The fraction of sp³-hybridized carbons (Fsp3) is 0.625. The first kappa shape index (κ1) is 15.3. The van der Waals surface area contributed by atoms with Crippen molar-refractivity contribution in [3.05, 3.63) is 33.4 Å². The minimum atomic E-state index is 0.105. The molecule has 0 amide bonds. The zero-order chi connectivity index (χ0) is 13.7. The molecule has 0 heterocycles. The summed E-state index contributed by atoms with van der Waals surface area (Å²) in [7, 11) is 1.81. The third-order valence-corrected chi connectivity index (χ3v) is 4.91. The van der Waals surface area contributed by atoms with Crippen molar-refractivity contribution < 1.29 is 4.74 Å². The van der Waals surface area contributed by atoms with Gasteiger partial charge in [0.15, 0.2) is 0 Å². The van der Waals surface area contributed by atoms with Crippen molar-refractivity contribution in [2.24, 2.45) is 11.7 Å². The van der Waals surface area contributed by atoms with Gasteiger partial charge in [0.2, 0.25) is 0 Å². The minimum absolute atomic E-state index is 0.105. The average molecular weight is 373 g/mol. The topological polar surface area (TPSA) is 35.2 Å². The predicted molar refractivity (Wildman–Crippen MR) is 88.2 cm³/mol. The fourth-order valence-electron chi connectivity index (χ4n) is 3.19. The van der Waals surface area contributed by atoms with Crippen LogP contribution < -0.4 is 5.73 Å². The molecular weight excluding hydrogens is 349 g/mol. The summed E-state index contributed by atoms with van der Waals surface area (Å²) in [6.07, 6.45) is 7.71. The van der Waals surface area contributed by atoms with E-state index >= 15 is 0 Å². The fourth-order valence-corrected chi connectivity index (χ4v) is 3.55. The second-order valence-corrected chi connectivity index (χ2v) is 6.84. The molecular formula is C16H24INO. The van der Waals surface area contributed by atoms with Crippen molar-refractivity contribution in [1.82, 2.24) is 0 Å². The van der Waals surface area contributed by atoms with Crippen LogP contribution in [0.4, 0.5) is 0 Å². The van der Waals surface area contributed by atoms with Crippen LogP contribution in [0.3, 0.4) is 0 Å². The van der Waals surface area contributed by atoms with Gasteiger partial charge in [-0.15, -0.1) is 0 Å². The van der Waals surface area contributed by atoms with Gasteiger partial charge in [-0.05, 0) is 65.5 Å². The summed E-state index contributed by atoms with van der Waals surface area (Å²) >= 11 is 2.33. The zero-order valence-corrected chi connectivity index (χ0v) is 13.8. The standard InChI is InChI=1S/C16H24INO/c1-19-16(13-5-3-2-4-6-13)15(18)11-12-7-9-14(17)10-8-12/h7-10,13,15-16H,2-6,11,18H2,1H3. The lowest BCUT2D eigenvalue weighted by Crippen LogP contribution is -2.43. The van der Waals surface area contributed by atoms with Gasteiger partial charge >= 0.3 is 0 Å². The summed E-state index contributed by atoms with van der Waals surface area (Å²) < 4.78 is 6.99. The number of benzene rings is 1. The summed E-state index contributed by atoms with van der Waals surface area (Å²) in [5.74, 6) is 0.651. The summed E-state index contributed by atoms with van der Waals surface area (Å²) in [6.45, 7) is 0. The first-order valence-corrected chi connectivity index (χ1v) is 8.31. The number of hydrogen-bond donors (Lipinski definition) is 1. The highest BCUT2D eigenvalue weighted by atomic mass is 127. The SMILES string of the molecule is COC(C(N)Cc1ccc(I)cc1)C1CCCCC1. The van der Waals surface area contributed by atoms with Crippen LogP contribution in [0, 0.1) is 9.49 Å². The molecule has 1 aromatic carbocycles. The first-order valence-electron chi connectivity index (χ1n) is 7.23. The smallest absolute Gasteiger partial charge is 0.0753 e. The molecule has 2 N–H and O–H groups in total. The Kier molecular flexibility index (Phi) is 6.10. The lowest BCUT2D eigenvalue weighted by atomic mass is 9.81. The Bertz CT molecular complexity index is 373. The van der Waals surface area contributed by atoms with Gasteiger partial charge in [-0.2, -0.15) is 0 Å². The van der Waals surface area contributed by atoms with Crippen LogP contribution >= 0.6 is 22.6 Å². The minimum Gasteiger partial charge on any atom is -0.380 e. The van der Waals surface area contributed by atoms with Crippen molar-refractivity contribution in [3.8, 4) is 0 Å². The number of halogens is 1. The molecule has 0 aromatic heterocycles. The Morgan fingerprint density at radius 3 is 2.42 bits per heavy atom. The maximum atomic E-state index is 6.40. The Hall–Kier alpha value is -0.130. The van der Waals surface area contributed by atoms with Gasteiger partial charge in [0.1, 0.15) is 0 Å². The number of rotatable bonds is 5. The monoisotopic (exact) mass is 373 g/mol.